The first kappa shape index (κ1) is 20.8. The molecule has 1 amide bonds. The Morgan fingerprint density at radius 1 is 1.21 bits per heavy atom. The Balaban J connectivity index is 1.89. The van der Waals surface area contributed by atoms with Gasteiger partial charge in [0.25, 0.3) is 5.91 Å². The van der Waals surface area contributed by atoms with E-state index in [9.17, 15) is 19.5 Å². The summed E-state index contributed by atoms with van der Waals surface area (Å²) in [6.45, 7) is 9.82. The highest BCUT2D eigenvalue weighted by Gasteiger charge is 2.49. The fourth-order valence-electron chi connectivity index (χ4n) is 3.74. The number of Topliss-reactive ketones (excluding diaryl/α,β-unsaturated/α-hetero) is 1. The van der Waals surface area contributed by atoms with E-state index in [1.807, 2.05) is 11.9 Å². The zero-order valence-electron chi connectivity index (χ0n) is 17.0. The molecule has 29 heavy (non-hydrogen) atoms. The van der Waals surface area contributed by atoms with E-state index in [1.54, 1.807) is 38.1 Å². The Bertz CT molecular complexity index is 881. The van der Waals surface area contributed by atoms with Crippen LogP contribution in [0.1, 0.15) is 29.8 Å². The van der Waals surface area contributed by atoms with E-state index in [0.717, 1.165) is 13.1 Å². The Kier molecular flexibility index (Phi) is 5.61. The van der Waals surface area contributed by atoms with Crippen LogP contribution in [0.25, 0.3) is 0 Å². The van der Waals surface area contributed by atoms with Crippen LogP contribution in [0.5, 0.6) is 0 Å². The van der Waals surface area contributed by atoms with Crippen LogP contribution in [-0.4, -0.2) is 65.8 Å². The predicted molar refractivity (Wildman–Crippen MR) is 107 cm³/mol. The third kappa shape index (κ3) is 3.58. The molecule has 2 aliphatic rings. The first-order chi connectivity index (χ1) is 13.7. The number of rotatable bonds is 2. The fraction of sp³-hybridized carbons (Fsp3) is 0.409. The van der Waals surface area contributed by atoms with Crippen molar-refractivity contribution in [2.45, 2.75) is 19.3 Å². The van der Waals surface area contributed by atoms with E-state index in [1.165, 1.54) is 0 Å². The lowest BCUT2D eigenvalue weighted by atomic mass is 9.70. The molecule has 0 aliphatic carbocycles. The molecule has 0 bridgehead atoms. The molecule has 2 saturated heterocycles. The van der Waals surface area contributed by atoms with Gasteiger partial charge in [-0.05, 0) is 31.7 Å². The Morgan fingerprint density at radius 3 is 2.34 bits per heavy atom. The molecule has 154 valence electrons. The minimum atomic E-state index is -1.28. The molecule has 2 aliphatic heterocycles. The molecule has 7 heteroatoms. The second-order valence-corrected chi connectivity index (χ2v) is 7.82. The Labute approximate surface area is 170 Å². The fourth-order valence-corrected chi connectivity index (χ4v) is 3.74. The van der Waals surface area contributed by atoms with Crippen LogP contribution in [0.4, 0.5) is 0 Å². The van der Waals surface area contributed by atoms with Crippen LogP contribution in [0.3, 0.4) is 0 Å². The topological polar surface area (TPSA) is 87.2 Å². The van der Waals surface area contributed by atoms with Crippen molar-refractivity contribution in [1.82, 2.24) is 9.80 Å². The number of piperazine rings is 1. The minimum Gasteiger partial charge on any atom is -0.515 e. The maximum Gasteiger partial charge on any atom is 0.322 e. The van der Waals surface area contributed by atoms with Crippen molar-refractivity contribution < 1.29 is 24.2 Å². The number of cyclic esters (lactones) is 1. The molecule has 0 saturated carbocycles. The van der Waals surface area contributed by atoms with Gasteiger partial charge in [-0.3, -0.25) is 14.4 Å². The molecule has 2 fully saturated rings. The highest BCUT2D eigenvalue weighted by molar-refractivity contribution is 6.06. The number of aliphatic hydroxyl groups excluding tert-OH is 1. The average Bonchev–Trinajstić information content (AvgIpc) is 2.78. The lowest BCUT2D eigenvalue weighted by Crippen LogP contribution is -2.47. The highest BCUT2D eigenvalue weighted by Crippen LogP contribution is 2.40. The van der Waals surface area contributed by atoms with Gasteiger partial charge in [-0.25, -0.2) is 0 Å². The summed E-state index contributed by atoms with van der Waals surface area (Å²) in [6.07, 6.45) is 0.623. The lowest BCUT2D eigenvalue weighted by molar-refractivity contribution is -0.147. The van der Waals surface area contributed by atoms with Crippen LogP contribution in [0, 0.1) is 5.92 Å². The molecule has 1 aromatic carbocycles. The summed E-state index contributed by atoms with van der Waals surface area (Å²) >= 11 is 0. The molecule has 2 heterocycles. The van der Waals surface area contributed by atoms with E-state index < -0.39 is 23.1 Å². The Hall–Kier alpha value is -2.93. The number of likely N-dealkylation sites (N-methyl/N-ethyl adjacent to an activating group) is 1. The van der Waals surface area contributed by atoms with Gasteiger partial charge in [-0.2, -0.15) is 0 Å². The number of carbonyl (C=O) groups is 3. The summed E-state index contributed by atoms with van der Waals surface area (Å²) in [6, 6.07) is 6.72. The summed E-state index contributed by atoms with van der Waals surface area (Å²) in [5.41, 5.74) is -0.301. The SMILES string of the molecule is C=C1OC(=O)C(C)(c2ccc(C(=O)N3CCN(C)CC3)cc2)C(C)C(=O)C1=CO. The normalized spacial score (nSPS) is 27.7. The van der Waals surface area contributed by atoms with Crippen LogP contribution in [0.15, 0.2) is 48.4 Å². The summed E-state index contributed by atoms with van der Waals surface area (Å²) < 4.78 is 5.25. The maximum absolute atomic E-state index is 12.8. The molecule has 0 radical (unpaired) electrons. The van der Waals surface area contributed by atoms with Crippen molar-refractivity contribution in [2.24, 2.45) is 5.92 Å². The van der Waals surface area contributed by atoms with Gasteiger partial charge >= 0.3 is 5.97 Å². The third-order valence-electron chi connectivity index (χ3n) is 6.12. The lowest BCUT2D eigenvalue weighted by Gasteiger charge is -2.33. The van der Waals surface area contributed by atoms with Crippen molar-refractivity contribution in [1.29, 1.82) is 0 Å². The number of esters is 1. The van der Waals surface area contributed by atoms with Gasteiger partial charge in [0.05, 0.1) is 11.8 Å². The summed E-state index contributed by atoms with van der Waals surface area (Å²) in [7, 11) is 2.03. The maximum atomic E-state index is 12.8. The largest absolute Gasteiger partial charge is 0.515 e. The minimum absolute atomic E-state index is 0.0544. The smallest absolute Gasteiger partial charge is 0.322 e. The molecular formula is C22H26N2O5. The number of nitrogens with zero attached hydrogens (tertiary/aromatic N) is 2. The molecule has 0 aromatic heterocycles. The van der Waals surface area contributed by atoms with E-state index in [2.05, 4.69) is 11.5 Å². The average molecular weight is 398 g/mol. The van der Waals surface area contributed by atoms with Gasteiger partial charge in [-0.15, -0.1) is 0 Å². The quantitative estimate of drug-likeness (QED) is 0.466. The summed E-state index contributed by atoms with van der Waals surface area (Å²) in [5, 5.41) is 9.36. The van der Waals surface area contributed by atoms with Crippen LogP contribution in [-0.2, 0) is 19.7 Å². The van der Waals surface area contributed by atoms with Crippen LogP contribution < -0.4 is 0 Å². The predicted octanol–water partition coefficient (Wildman–Crippen LogP) is 2.05. The first-order valence-electron chi connectivity index (χ1n) is 9.58. The number of allylic oxidation sites excluding steroid dienone is 1. The Morgan fingerprint density at radius 2 is 1.79 bits per heavy atom. The van der Waals surface area contributed by atoms with E-state index in [-0.39, 0.29) is 17.2 Å². The summed E-state index contributed by atoms with van der Waals surface area (Å²) in [4.78, 5) is 42.3. The van der Waals surface area contributed by atoms with Gasteiger partial charge < -0.3 is 19.6 Å². The van der Waals surface area contributed by atoms with Gasteiger partial charge in [0.1, 0.15) is 11.2 Å². The standard InChI is InChI=1S/C22H26N2O5/c1-14-19(26)18(13-25)15(2)29-21(28)22(14,3)17-7-5-16(6-8-17)20(27)24-11-9-23(4)10-12-24/h5-8,13-14,25H,2,9-12H2,1,3-4H3. The van der Waals surface area contributed by atoms with E-state index in [4.69, 9.17) is 4.74 Å². The second-order valence-electron chi connectivity index (χ2n) is 7.82. The van der Waals surface area contributed by atoms with Crippen molar-refractivity contribution in [2.75, 3.05) is 33.2 Å². The van der Waals surface area contributed by atoms with Crippen LogP contribution in [0.2, 0.25) is 0 Å². The van der Waals surface area contributed by atoms with Crippen molar-refractivity contribution >= 4 is 17.7 Å². The molecule has 3 rings (SSSR count). The summed E-state index contributed by atoms with van der Waals surface area (Å²) in [5.74, 6) is -2.06. The zero-order valence-corrected chi connectivity index (χ0v) is 17.0. The third-order valence-corrected chi connectivity index (χ3v) is 6.12. The van der Waals surface area contributed by atoms with Gasteiger partial charge in [-0.1, -0.05) is 25.6 Å². The number of amides is 1. The molecule has 1 aromatic rings. The van der Waals surface area contributed by atoms with Crippen molar-refractivity contribution in [3.63, 3.8) is 0 Å². The molecule has 7 nitrogen and oxygen atoms in total. The van der Waals surface area contributed by atoms with Gasteiger partial charge in [0, 0.05) is 37.7 Å². The van der Waals surface area contributed by atoms with E-state index in [0.29, 0.717) is 30.5 Å². The highest BCUT2D eigenvalue weighted by atomic mass is 16.5. The zero-order chi connectivity index (χ0) is 21.3. The number of carbonyl (C=O) groups excluding carboxylic acids is 3. The number of aliphatic hydroxyl groups is 1. The second kappa shape index (κ2) is 7.83. The number of hydrogen-bond donors (Lipinski definition) is 1. The van der Waals surface area contributed by atoms with E-state index >= 15 is 0 Å². The molecule has 0 spiro atoms. The molecular weight excluding hydrogens is 372 g/mol. The number of hydrogen-bond acceptors (Lipinski definition) is 6. The number of ether oxygens (including phenoxy) is 1. The van der Waals surface area contributed by atoms with Gasteiger partial charge in [0.2, 0.25) is 0 Å². The molecule has 1 N–H and O–H groups in total. The van der Waals surface area contributed by atoms with Gasteiger partial charge in [0.15, 0.2) is 5.78 Å². The van der Waals surface area contributed by atoms with Crippen molar-refractivity contribution in [3.05, 3.63) is 59.6 Å². The molecule has 2 atom stereocenters. The molecule has 2 unspecified atom stereocenters. The number of ketones is 1. The van der Waals surface area contributed by atoms with Crippen LogP contribution >= 0.6 is 0 Å². The first-order valence-corrected chi connectivity index (χ1v) is 9.58. The van der Waals surface area contributed by atoms with Crippen molar-refractivity contribution in [3.8, 4) is 0 Å². The monoisotopic (exact) mass is 398 g/mol. The number of benzene rings is 1.